The van der Waals surface area contributed by atoms with Gasteiger partial charge >= 0.3 is 11.7 Å². The van der Waals surface area contributed by atoms with Crippen molar-refractivity contribution in [3.05, 3.63) is 46.1 Å². The van der Waals surface area contributed by atoms with E-state index in [1.165, 1.54) is 6.20 Å². The van der Waals surface area contributed by atoms with E-state index in [1.54, 1.807) is 0 Å². The van der Waals surface area contributed by atoms with Crippen molar-refractivity contribution < 1.29 is 9.66 Å². The lowest BCUT2D eigenvalue weighted by Crippen LogP contribution is -2.08. The molecule has 1 aromatic carbocycles. The maximum atomic E-state index is 11.1. The van der Waals surface area contributed by atoms with Crippen LogP contribution >= 0.6 is 0 Å². The molecule has 2 aromatic rings. The molecule has 0 aliphatic heterocycles. The third-order valence-electron chi connectivity index (χ3n) is 3.60. The number of ether oxygens (including phenoxy) is 1. The molecular weight excluding hydrogens is 296 g/mol. The van der Waals surface area contributed by atoms with E-state index in [-0.39, 0.29) is 23.6 Å². The highest BCUT2D eigenvalue weighted by molar-refractivity contribution is 5.56. The Morgan fingerprint density at radius 1 is 1.39 bits per heavy atom. The van der Waals surface area contributed by atoms with Gasteiger partial charge in [-0.3, -0.25) is 10.1 Å². The summed E-state index contributed by atoms with van der Waals surface area (Å²) in [6, 6.07) is 8.00. The van der Waals surface area contributed by atoms with Crippen LogP contribution in [0, 0.1) is 10.1 Å². The zero-order chi connectivity index (χ0) is 16.4. The molecule has 1 fully saturated rings. The lowest BCUT2D eigenvalue weighted by molar-refractivity contribution is -0.384. The van der Waals surface area contributed by atoms with Crippen LogP contribution < -0.4 is 10.1 Å². The highest BCUT2D eigenvalue weighted by Crippen LogP contribution is 2.31. The Hall–Kier alpha value is -2.70. The Morgan fingerprint density at radius 3 is 2.83 bits per heavy atom. The Labute approximate surface area is 133 Å². The lowest BCUT2D eigenvalue weighted by Gasteiger charge is -2.10. The van der Waals surface area contributed by atoms with Gasteiger partial charge in [0.1, 0.15) is 11.9 Å². The molecule has 0 radical (unpaired) electrons. The maximum Gasteiger partial charge on any atom is 0.329 e. The van der Waals surface area contributed by atoms with Crippen molar-refractivity contribution in [3.63, 3.8) is 0 Å². The van der Waals surface area contributed by atoms with E-state index in [0.717, 1.165) is 18.4 Å². The first-order valence-corrected chi connectivity index (χ1v) is 7.58. The summed E-state index contributed by atoms with van der Waals surface area (Å²) in [7, 11) is 0. The fraction of sp³-hybridized carbons (Fsp3) is 0.375. The molecule has 1 heterocycles. The van der Waals surface area contributed by atoms with Gasteiger partial charge < -0.3 is 10.1 Å². The average molecular weight is 314 g/mol. The van der Waals surface area contributed by atoms with Crippen molar-refractivity contribution in [2.24, 2.45) is 0 Å². The molecule has 1 aliphatic carbocycles. The molecule has 0 bridgehead atoms. The van der Waals surface area contributed by atoms with Crippen LogP contribution in [0.1, 0.15) is 38.2 Å². The normalized spacial score (nSPS) is 13.9. The Kier molecular flexibility index (Phi) is 4.10. The molecule has 1 saturated carbocycles. The number of benzene rings is 1. The van der Waals surface area contributed by atoms with E-state index in [9.17, 15) is 10.1 Å². The minimum Gasteiger partial charge on any atom is -0.424 e. The van der Waals surface area contributed by atoms with Gasteiger partial charge in [-0.1, -0.05) is 26.0 Å². The second kappa shape index (κ2) is 6.20. The third kappa shape index (κ3) is 3.74. The smallest absolute Gasteiger partial charge is 0.329 e. The lowest BCUT2D eigenvalue weighted by atomic mass is 10.0. The summed E-state index contributed by atoms with van der Waals surface area (Å²) in [4.78, 5) is 18.7. The van der Waals surface area contributed by atoms with Gasteiger partial charge in [-0.2, -0.15) is 9.97 Å². The minimum atomic E-state index is -0.492. The largest absolute Gasteiger partial charge is 0.424 e. The average Bonchev–Trinajstić information content (AvgIpc) is 3.31. The number of nitrogens with zero attached hydrogens (tertiary/aromatic N) is 3. The van der Waals surface area contributed by atoms with Gasteiger partial charge in [0.15, 0.2) is 0 Å². The number of rotatable bonds is 6. The van der Waals surface area contributed by atoms with Crippen molar-refractivity contribution in [1.82, 2.24) is 9.97 Å². The summed E-state index contributed by atoms with van der Waals surface area (Å²) in [5, 5.41) is 14.1. The zero-order valence-electron chi connectivity index (χ0n) is 13.0. The molecular formula is C16H18N4O3. The first-order valence-electron chi connectivity index (χ1n) is 7.58. The van der Waals surface area contributed by atoms with Gasteiger partial charge in [0, 0.05) is 6.04 Å². The molecule has 0 atom stereocenters. The Morgan fingerprint density at radius 2 is 2.17 bits per heavy atom. The van der Waals surface area contributed by atoms with Crippen molar-refractivity contribution in [3.8, 4) is 11.8 Å². The molecule has 0 saturated heterocycles. The van der Waals surface area contributed by atoms with Crippen LogP contribution in [0.15, 0.2) is 30.5 Å². The summed E-state index contributed by atoms with van der Waals surface area (Å²) < 4.78 is 5.66. The topological polar surface area (TPSA) is 90.2 Å². The second-order valence-corrected chi connectivity index (χ2v) is 5.89. The molecule has 7 nitrogen and oxygen atoms in total. The van der Waals surface area contributed by atoms with Gasteiger partial charge in [-0.15, -0.1) is 0 Å². The summed E-state index contributed by atoms with van der Waals surface area (Å²) in [6.45, 7) is 4.19. The second-order valence-electron chi connectivity index (χ2n) is 5.89. The molecule has 0 spiro atoms. The summed E-state index contributed by atoms with van der Waals surface area (Å²) in [5.41, 5.74) is 1.00. The molecule has 120 valence electrons. The van der Waals surface area contributed by atoms with E-state index in [2.05, 4.69) is 29.1 Å². The van der Waals surface area contributed by atoms with E-state index in [0.29, 0.717) is 11.7 Å². The fourth-order valence-electron chi connectivity index (χ4n) is 2.11. The summed E-state index contributed by atoms with van der Waals surface area (Å²) in [6.07, 6.45) is 3.17. The fourth-order valence-corrected chi connectivity index (χ4v) is 2.11. The number of anilines is 1. The Balaban J connectivity index is 1.85. The van der Waals surface area contributed by atoms with Crippen molar-refractivity contribution in [2.75, 3.05) is 5.32 Å². The zero-order valence-corrected chi connectivity index (χ0v) is 13.0. The monoisotopic (exact) mass is 314 g/mol. The molecule has 1 aromatic heterocycles. The molecule has 1 aliphatic rings. The SMILES string of the molecule is CC(C)c1cccc(Oc2ncc([N+](=O)[O-])c(NC3CC3)n2)c1. The van der Waals surface area contributed by atoms with E-state index in [1.807, 2.05) is 24.3 Å². The highest BCUT2D eigenvalue weighted by Gasteiger charge is 2.26. The van der Waals surface area contributed by atoms with E-state index in [4.69, 9.17) is 4.74 Å². The quantitative estimate of drug-likeness (QED) is 0.643. The Bertz CT molecular complexity index is 729. The number of hydrogen-bond acceptors (Lipinski definition) is 6. The van der Waals surface area contributed by atoms with E-state index < -0.39 is 4.92 Å². The van der Waals surface area contributed by atoms with Crippen LogP contribution in [-0.2, 0) is 0 Å². The standard InChI is InChI=1S/C16H18N4O3/c1-10(2)11-4-3-5-13(8-11)23-16-17-9-14(20(21)22)15(19-16)18-12-6-7-12/h3-5,8-10,12H,6-7H2,1-2H3,(H,17,18,19). The van der Waals surface area contributed by atoms with Crippen LogP contribution in [-0.4, -0.2) is 20.9 Å². The molecule has 0 unspecified atom stereocenters. The van der Waals surface area contributed by atoms with Crippen LogP contribution in [0.4, 0.5) is 11.5 Å². The van der Waals surface area contributed by atoms with Crippen LogP contribution in [0.5, 0.6) is 11.8 Å². The van der Waals surface area contributed by atoms with Gasteiger partial charge in [-0.05, 0) is 36.5 Å². The van der Waals surface area contributed by atoms with Crippen molar-refractivity contribution >= 4 is 11.5 Å². The van der Waals surface area contributed by atoms with Crippen molar-refractivity contribution in [1.29, 1.82) is 0 Å². The number of hydrogen-bond donors (Lipinski definition) is 1. The maximum absolute atomic E-state index is 11.1. The number of aromatic nitrogens is 2. The molecule has 1 N–H and O–H groups in total. The molecule has 0 amide bonds. The first-order chi connectivity index (χ1) is 11.0. The number of nitrogens with one attached hydrogen (secondary N) is 1. The number of nitro groups is 1. The van der Waals surface area contributed by atoms with Gasteiger partial charge in [0.25, 0.3) is 0 Å². The predicted molar refractivity (Wildman–Crippen MR) is 85.9 cm³/mol. The first kappa shape index (κ1) is 15.2. The molecule has 7 heteroatoms. The minimum absolute atomic E-state index is 0.0969. The van der Waals surface area contributed by atoms with Gasteiger partial charge in [0.05, 0.1) is 4.92 Å². The van der Waals surface area contributed by atoms with Gasteiger partial charge in [-0.25, -0.2) is 0 Å². The van der Waals surface area contributed by atoms with E-state index >= 15 is 0 Å². The van der Waals surface area contributed by atoms with Gasteiger partial charge in [0.2, 0.25) is 5.82 Å². The van der Waals surface area contributed by atoms with Crippen LogP contribution in [0.3, 0.4) is 0 Å². The summed E-state index contributed by atoms with van der Waals surface area (Å²) in [5.74, 6) is 1.20. The molecule has 23 heavy (non-hydrogen) atoms. The highest BCUT2D eigenvalue weighted by atomic mass is 16.6. The third-order valence-corrected chi connectivity index (χ3v) is 3.60. The summed E-state index contributed by atoms with van der Waals surface area (Å²) >= 11 is 0. The van der Waals surface area contributed by atoms with Crippen LogP contribution in [0.2, 0.25) is 0 Å². The predicted octanol–water partition coefficient (Wildman–Crippen LogP) is 3.87. The van der Waals surface area contributed by atoms with Crippen LogP contribution in [0.25, 0.3) is 0 Å². The molecule has 3 rings (SSSR count). The van der Waals surface area contributed by atoms with Crippen molar-refractivity contribution in [2.45, 2.75) is 38.6 Å².